The number of hydrogen-bond donors (Lipinski definition) is 1. The van der Waals surface area contributed by atoms with Crippen LogP contribution in [0, 0.1) is 13.8 Å². The molecule has 1 atom stereocenters. The number of para-hydroxylation sites is 1. The first-order valence-corrected chi connectivity index (χ1v) is 7.39. The molecule has 0 aliphatic rings. The van der Waals surface area contributed by atoms with Crippen molar-refractivity contribution in [1.29, 1.82) is 0 Å². The summed E-state index contributed by atoms with van der Waals surface area (Å²) < 4.78 is 11.1. The molecule has 4 heteroatoms. The highest BCUT2D eigenvalue weighted by Crippen LogP contribution is 2.26. The summed E-state index contributed by atoms with van der Waals surface area (Å²) in [4.78, 5) is 0. The average Bonchev–Trinajstić information content (AvgIpc) is 2.75. The van der Waals surface area contributed by atoms with E-state index in [1.54, 1.807) is 0 Å². The molecular formula is C17H24N2O2. The van der Waals surface area contributed by atoms with Crippen molar-refractivity contribution < 1.29 is 9.26 Å². The number of rotatable bonds is 6. The van der Waals surface area contributed by atoms with E-state index in [-0.39, 0.29) is 12.1 Å². The second-order valence-corrected chi connectivity index (χ2v) is 5.61. The Morgan fingerprint density at radius 1 is 1.19 bits per heavy atom. The highest BCUT2D eigenvalue weighted by molar-refractivity contribution is 5.36. The quantitative estimate of drug-likeness (QED) is 0.875. The molecule has 0 aliphatic carbocycles. The molecule has 2 rings (SSSR count). The third-order valence-electron chi connectivity index (χ3n) is 3.51. The van der Waals surface area contributed by atoms with Crippen molar-refractivity contribution >= 4 is 0 Å². The molecule has 0 aliphatic heterocycles. The third kappa shape index (κ3) is 3.85. The number of nitrogens with one attached hydrogen (secondary N) is 1. The Labute approximate surface area is 126 Å². The maximum atomic E-state index is 5.88. The molecule has 1 aromatic heterocycles. The molecule has 0 saturated heterocycles. The SMILES string of the molecule is Cc1noc(C)c1CNC(C)c1ccccc1OC(C)C. The van der Waals surface area contributed by atoms with Gasteiger partial charge in [-0.2, -0.15) is 0 Å². The predicted molar refractivity (Wildman–Crippen MR) is 83.4 cm³/mol. The van der Waals surface area contributed by atoms with Crippen molar-refractivity contribution in [1.82, 2.24) is 10.5 Å². The second-order valence-electron chi connectivity index (χ2n) is 5.61. The van der Waals surface area contributed by atoms with Crippen LogP contribution in [0.25, 0.3) is 0 Å². The molecule has 0 amide bonds. The fourth-order valence-corrected chi connectivity index (χ4v) is 2.32. The molecule has 0 saturated carbocycles. The van der Waals surface area contributed by atoms with Gasteiger partial charge in [-0.3, -0.25) is 0 Å². The summed E-state index contributed by atoms with van der Waals surface area (Å²) in [5.74, 6) is 1.81. The van der Waals surface area contributed by atoms with E-state index in [1.165, 1.54) is 0 Å². The van der Waals surface area contributed by atoms with Crippen molar-refractivity contribution in [3.63, 3.8) is 0 Å². The van der Waals surface area contributed by atoms with Crippen molar-refractivity contribution in [3.8, 4) is 5.75 Å². The number of aromatic nitrogens is 1. The maximum Gasteiger partial charge on any atom is 0.138 e. The van der Waals surface area contributed by atoms with Crippen LogP contribution < -0.4 is 10.1 Å². The lowest BCUT2D eigenvalue weighted by Crippen LogP contribution is -2.20. The van der Waals surface area contributed by atoms with Crippen LogP contribution in [0.1, 0.15) is 49.4 Å². The van der Waals surface area contributed by atoms with Gasteiger partial charge in [0.25, 0.3) is 0 Å². The van der Waals surface area contributed by atoms with Gasteiger partial charge in [0, 0.05) is 23.7 Å². The van der Waals surface area contributed by atoms with Gasteiger partial charge in [-0.25, -0.2) is 0 Å². The lowest BCUT2D eigenvalue weighted by Gasteiger charge is -2.19. The van der Waals surface area contributed by atoms with Gasteiger partial charge in [0.1, 0.15) is 11.5 Å². The largest absolute Gasteiger partial charge is 0.491 e. The van der Waals surface area contributed by atoms with E-state index in [9.17, 15) is 0 Å². The fourth-order valence-electron chi connectivity index (χ4n) is 2.32. The van der Waals surface area contributed by atoms with Gasteiger partial charge in [0.2, 0.25) is 0 Å². The zero-order valence-corrected chi connectivity index (χ0v) is 13.4. The van der Waals surface area contributed by atoms with E-state index >= 15 is 0 Å². The van der Waals surface area contributed by atoms with Crippen LogP contribution in [0.5, 0.6) is 5.75 Å². The van der Waals surface area contributed by atoms with Crippen molar-refractivity contribution in [2.45, 2.75) is 53.3 Å². The summed E-state index contributed by atoms with van der Waals surface area (Å²) >= 11 is 0. The fraction of sp³-hybridized carbons (Fsp3) is 0.471. The van der Waals surface area contributed by atoms with Crippen LogP contribution in [-0.4, -0.2) is 11.3 Å². The van der Waals surface area contributed by atoms with Crippen LogP contribution in [0.15, 0.2) is 28.8 Å². The molecule has 1 unspecified atom stereocenters. The van der Waals surface area contributed by atoms with Gasteiger partial charge >= 0.3 is 0 Å². The van der Waals surface area contributed by atoms with Crippen LogP contribution in [-0.2, 0) is 6.54 Å². The Balaban J connectivity index is 2.08. The highest BCUT2D eigenvalue weighted by atomic mass is 16.5. The average molecular weight is 288 g/mol. The molecule has 114 valence electrons. The molecule has 1 heterocycles. The Bertz CT molecular complexity index is 571. The zero-order chi connectivity index (χ0) is 15.4. The summed E-state index contributed by atoms with van der Waals surface area (Å²) in [6.45, 7) is 10.9. The molecule has 1 N–H and O–H groups in total. The Kier molecular flexibility index (Phi) is 5.02. The van der Waals surface area contributed by atoms with Gasteiger partial charge in [-0.05, 0) is 40.7 Å². The second kappa shape index (κ2) is 6.76. The van der Waals surface area contributed by atoms with E-state index in [0.717, 1.165) is 34.9 Å². The Morgan fingerprint density at radius 3 is 2.52 bits per heavy atom. The molecule has 2 aromatic rings. The van der Waals surface area contributed by atoms with Gasteiger partial charge < -0.3 is 14.6 Å². The Morgan fingerprint density at radius 2 is 1.90 bits per heavy atom. The number of aryl methyl sites for hydroxylation is 2. The summed E-state index contributed by atoms with van der Waals surface area (Å²) in [6, 6.07) is 8.35. The van der Waals surface area contributed by atoms with E-state index < -0.39 is 0 Å². The number of hydrogen-bond acceptors (Lipinski definition) is 4. The number of benzene rings is 1. The van der Waals surface area contributed by atoms with Crippen LogP contribution in [0.4, 0.5) is 0 Å². The highest BCUT2D eigenvalue weighted by Gasteiger charge is 2.14. The summed E-state index contributed by atoms with van der Waals surface area (Å²) in [5.41, 5.74) is 3.24. The van der Waals surface area contributed by atoms with Crippen molar-refractivity contribution in [2.75, 3.05) is 0 Å². The first-order chi connectivity index (χ1) is 9.99. The topological polar surface area (TPSA) is 47.3 Å². The number of nitrogens with zero attached hydrogens (tertiary/aromatic N) is 1. The molecule has 1 aromatic carbocycles. The van der Waals surface area contributed by atoms with Crippen molar-refractivity contribution in [3.05, 3.63) is 46.8 Å². The smallest absolute Gasteiger partial charge is 0.138 e. The molecule has 0 spiro atoms. The molecule has 0 bridgehead atoms. The predicted octanol–water partition coefficient (Wildman–Crippen LogP) is 3.93. The number of ether oxygens (including phenoxy) is 1. The van der Waals surface area contributed by atoms with Gasteiger partial charge in [0.15, 0.2) is 0 Å². The van der Waals surface area contributed by atoms with E-state index in [0.29, 0.717) is 0 Å². The van der Waals surface area contributed by atoms with Gasteiger partial charge in [0.05, 0.1) is 11.8 Å². The first kappa shape index (κ1) is 15.6. The van der Waals surface area contributed by atoms with Crippen molar-refractivity contribution in [2.24, 2.45) is 0 Å². The molecule has 21 heavy (non-hydrogen) atoms. The standard InChI is InChI=1S/C17H24N2O2/c1-11(2)20-17-9-7-6-8-15(17)12(3)18-10-16-13(4)19-21-14(16)5/h6-9,11-12,18H,10H2,1-5H3. The van der Waals surface area contributed by atoms with Gasteiger partial charge in [-0.15, -0.1) is 0 Å². The van der Waals surface area contributed by atoms with Crippen LogP contribution in [0.2, 0.25) is 0 Å². The summed E-state index contributed by atoms with van der Waals surface area (Å²) in [5, 5.41) is 7.50. The van der Waals surface area contributed by atoms with E-state index in [2.05, 4.69) is 23.5 Å². The van der Waals surface area contributed by atoms with Crippen LogP contribution >= 0.6 is 0 Å². The normalized spacial score (nSPS) is 12.7. The third-order valence-corrected chi connectivity index (χ3v) is 3.51. The van der Waals surface area contributed by atoms with Gasteiger partial charge in [-0.1, -0.05) is 23.4 Å². The minimum absolute atomic E-state index is 0.168. The molecule has 0 radical (unpaired) electrons. The minimum atomic E-state index is 0.168. The maximum absolute atomic E-state index is 5.88. The molecule has 4 nitrogen and oxygen atoms in total. The van der Waals surface area contributed by atoms with Crippen LogP contribution in [0.3, 0.4) is 0 Å². The first-order valence-electron chi connectivity index (χ1n) is 7.39. The molecule has 0 fully saturated rings. The molecular weight excluding hydrogens is 264 g/mol. The zero-order valence-electron chi connectivity index (χ0n) is 13.4. The lowest BCUT2D eigenvalue weighted by atomic mass is 10.1. The monoisotopic (exact) mass is 288 g/mol. The van der Waals surface area contributed by atoms with E-state index in [4.69, 9.17) is 9.26 Å². The minimum Gasteiger partial charge on any atom is -0.491 e. The lowest BCUT2D eigenvalue weighted by molar-refractivity contribution is 0.238. The Hall–Kier alpha value is -1.81. The van der Waals surface area contributed by atoms with E-state index in [1.807, 2.05) is 45.9 Å². The summed E-state index contributed by atoms with van der Waals surface area (Å²) in [7, 11) is 0. The summed E-state index contributed by atoms with van der Waals surface area (Å²) in [6.07, 6.45) is 0.168.